The molecule has 21 heavy (non-hydrogen) atoms. The van der Waals surface area contributed by atoms with Gasteiger partial charge in [-0.05, 0) is 38.0 Å². The molecular weight excluding hydrogens is 264 g/mol. The van der Waals surface area contributed by atoms with Crippen molar-refractivity contribution in [2.24, 2.45) is 17.8 Å². The average Bonchev–Trinajstić information content (AvgIpc) is 3.12. The van der Waals surface area contributed by atoms with Crippen LogP contribution in [0.1, 0.15) is 60.8 Å². The van der Waals surface area contributed by atoms with Crippen LogP contribution in [0.25, 0.3) is 0 Å². The molecule has 1 aliphatic heterocycles. The SMILES string of the molecule is CC(C)N1C(=O)N(CCC2CC2)C(C(C)C)(C(C)C)C1=O. The quantitative estimate of drug-likeness (QED) is 0.703. The number of hydrogen-bond donors (Lipinski definition) is 0. The van der Waals surface area contributed by atoms with Crippen LogP contribution in [-0.4, -0.2) is 39.9 Å². The van der Waals surface area contributed by atoms with E-state index in [1.165, 1.54) is 17.7 Å². The van der Waals surface area contributed by atoms with Gasteiger partial charge in [0.25, 0.3) is 5.91 Å². The smallest absolute Gasteiger partial charge is 0.309 e. The van der Waals surface area contributed by atoms with Crippen LogP contribution >= 0.6 is 0 Å². The summed E-state index contributed by atoms with van der Waals surface area (Å²) in [5.74, 6) is 1.01. The second kappa shape index (κ2) is 5.62. The first kappa shape index (κ1) is 16.3. The van der Waals surface area contributed by atoms with Crippen LogP contribution in [0.2, 0.25) is 0 Å². The van der Waals surface area contributed by atoms with Crippen molar-refractivity contribution in [1.29, 1.82) is 0 Å². The number of amides is 3. The van der Waals surface area contributed by atoms with E-state index in [1.54, 1.807) is 0 Å². The van der Waals surface area contributed by atoms with Crippen molar-refractivity contribution in [2.45, 2.75) is 72.4 Å². The fourth-order valence-electron chi connectivity index (χ4n) is 3.92. The minimum atomic E-state index is -0.670. The number of carbonyl (C=O) groups excluding carboxylic acids is 2. The third-order valence-corrected chi connectivity index (χ3v) is 5.18. The van der Waals surface area contributed by atoms with Gasteiger partial charge >= 0.3 is 6.03 Å². The Morgan fingerprint density at radius 2 is 1.57 bits per heavy atom. The highest BCUT2D eigenvalue weighted by Gasteiger charge is 2.60. The summed E-state index contributed by atoms with van der Waals surface area (Å²) in [6.07, 6.45) is 3.59. The second-order valence-corrected chi connectivity index (χ2v) is 7.57. The highest BCUT2D eigenvalue weighted by atomic mass is 16.2. The first-order valence-electron chi connectivity index (χ1n) is 8.39. The van der Waals surface area contributed by atoms with Crippen molar-refractivity contribution >= 4 is 11.9 Å². The van der Waals surface area contributed by atoms with Gasteiger partial charge in [-0.2, -0.15) is 0 Å². The first-order valence-corrected chi connectivity index (χ1v) is 8.39. The van der Waals surface area contributed by atoms with Crippen molar-refractivity contribution in [3.8, 4) is 0 Å². The fourth-order valence-corrected chi connectivity index (χ4v) is 3.92. The van der Waals surface area contributed by atoms with E-state index in [9.17, 15) is 9.59 Å². The Balaban J connectivity index is 2.39. The molecule has 0 spiro atoms. The third-order valence-electron chi connectivity index (χ3n) is 5.18. The summed E-state index contributed by atoms with van der Waals surface area (Å²) in [6, 6.07) is -0.161. The van der Waals surface area contributed by atoms with Gasteiger partial charge in [0.2, 0.25) is 0 Å². The Kier molecular flexibility index (Phi) is 4.36. The van der Waals surface area contributed by atoms with Crippen molar-refractivity contribution in [2.75, 3.05) is 6.54 Å². The van der Waals surface area contributed by atoms with Crippen LogP contribution in [0.5, 0.6) is 0 Å². The van der Waals surface area contributed by atoms with Gasteiger partial charge in [-0.25, -0.2) is 4.79 Å². The number of nitrogens with zero attached hydrogens (tertiary/aromatic N) is 2. The lowest BCUT2D eigenvalue weighted by molar-refractivity contribution is -0.139. The Morgan fingerprint density at radius 3 is 1.95 bits per heavy atom. The van der Waals surface area contributed by atoms with Gasteiger partial charge in [0.15, 0.2) is 0 Å². The summed E-state index contributed by atoms with van der Waals surface area (Å²) in [5, 5.41) is 0. The van der Waals surface area contributed by atoms with Crippen LogP contribution in [0.3, 0.4) is 0 Å². The third kappa shape index (κ3) is 2.47. The van der Waals surface area contributed by atoms with Gasteiger partial charge in [-0.1, -0.05) is 40.5 Å². The summed E-state index contributed by atoms with van der Waals surface area (Å²) >= 11 is 0. The molecule has 2 fully saturated rings. The molecule has 0 atom stereocenters. The van der Waals surface area contributed by atoms with Gasteiger partial charge < -0.3 is 4.90 Å². The maximum atomic E-state index is 13.1. The highest BCUT2D eigenvalue weighted by molar-refractivity contribution is 6.07. The first-order chi connectivity index (χ1) is 9.74. The minimum absolute atomic E-state index is 0.00305. The Bertz CT molecular complexity index is 417. The number of carbonyl (C=O) groups is 2. The molecule has 3 amide bonds. The highest BCUT2D eigenvalue weighted by Crippen LogP contribution is 2.42. The average molecular weight is 294 g/mol. The number of urea groups is 1. The minimum Gasteiger partial charge on any atom is -0.309 e. The maximum Gasteiger partial charge on any atom is 0.327 e. The molecule has 1 saturated heterocycles. The lowest BCUT2D eigenvalue weighted by Gasteiger charge is -2.42. The molecule has 4 nitrogen and oxygen atoms in total. The normalized spacial score (nSPS) is 22.3. The van der Waals surface area contributed by atoms with Crippen molar-refractivity contribution in [3.05, 3.63) is 0 Å². The monoisotopic (exact) mass is 294 g/mol. The summed E-state index contributed by atoms with van der Waals surface area (Å²) in [6.45, 7) is 12.8. The van der Waals surface area contributed by atoms with E-state index < -0.39 is 5.54 Å². The molecule has 0 unspecified atom stereocenters. The van der Waals surface area contributed by atoms with E-state index in [1.807, 2.05) is 18.7 Å². The van der Waals surface area contributed by atoms with E-state index in [0.29, 0.717) is 0 Å². The van der Waals surface area contributed by atoms with Gasteiger partial charge in [0.1, 0.15) is 5.54 Å². The molecule has 1 heterocycles. The second-order valence-electron chi connectivity index (χ2n) is 7.57. The predicted molar refractivity (Wildman–Crippen MR) is 83.8 cm³/mol. The molecule has 0 radical (unpaired) electrons. The van der Waals surface area contributed by atoms with Crippen LogP contribution in [0.15, 0.2) is 0 Å². The van der Waals surface area contributed by atoms with E-state index >= 15 is 0 Å². The Morgan fingerprint density at radius 1 is 1.05 bits per heavy atom. The lowest BCUT2D eigenvalue weighted by Crippen LogP contribution is -2.58. The van der Waals surface area contributed by atoms with Gasteiger partial charge in [-0.3, -0.25) is 9.69 Å². The molecule has 0 bridgehead atoms. The number of rotatable bonds is 6. The van der Waals surface area contributed by atoms with Crippen LogP contribution in [-0.2, 0) is 4.79 Å². The summed E-state index contributed by atoms with van der Waals surface area (Å²) in [5.41, 5.74) is -0.670. The molecule has 1 saturated carbocycles. The molecule has 120 valence electrons. The fraction of sp³-hybridized carbons (Fsp3) is 0.882. The maximum absolute atomic E-state index is 13.1. The van der Waals surface area contributed by atoms with Crippen LogP contribution in [0.4, 0.5) is 4.79 Å². The van der Waals surface area contributed by atoms with Crippen molar-refractivity contribution in [3.63, 3.8) is 0 Å². The molecule has 2 rings (SSSR count). The zero-order valence-corrected chi connectivity index (χ0v) is 14.3. The molecule has 1 aliphatic carbocycles. The molecule has 2 aliphatic rings. The van der Waals surface area contributed by atoms with Gasteiger partial charge in [-0.15, -0.1) is 0 Å². The Hall–Kier alpha value is -1.06. The molecule has 0 aromatic carbocycles. The van der Waals surface area contributed by atoms with Crippen LogP contribution < -0.4 is 0 Å². The van der Waals surface area contributed by atoms with E-state index in [-0.39, 0.29) is 29.8 Å². The predicted octanol–water partition coefficient (Wildman–Crippen LogP) is 3.51. The molecule has 4 heteroatoms. The summed E-state index contributed by atoms with van der Waals surface area (Å²) in [7, 11) is 0. The molecule has 0 aromatic heterocycles. The Labute approximate surface area is 128 Å². The summed E-state index contributed by atoms with van der Waals surface area (Å²) < 4.78 is 0. The molecule has 0 aromatic rings. The topological polar surface area (TPSA) is 40.6 Å². The van der Waals surface area contributed by atoms with E-state index in [0.717, 1.165) is 18.9 Å². The zero-order valence-electron chi connectivity index (χ0n) is 14.3. The standard InChI is InChI=1S/C17H30N2O2/c1-11(2)17(12(3)4)15(20)19(13(5)6)16(21)18(17)10-9-14-7-8-14/h11-14H,7-10H2,1-6H3. The summed E-state index contributed by atoms with van der Waals surface area (Å²) in [4.78, 5) is 29.3. The van der Waals surface area contributed by atoms with E-state index in [4.69, 9.17) is 0 Å². The number of hydrogen-bond acceptors (Lipinski definition) is 2. The van der Waals surface area contributed by atoms with Crippen molar-refractivity contribution < 1.29 is 9.59 Å². The molecule has 0 N–H and O–H groups in total. The largest absolute Gasteiger partial charge is 0.327 e. The lowest BCUT2D eigenvalue weighted by atomic mass is 9.75. The van der Waals surface area contributed by atoms with E-state index in [2.05, 4.69) is 27.7 Å². The van der Waals surface area contributed by atoms with Gasteiger partial charge in [0, 0.05) is 12.6 Å². The van der Waals surface area contributed by atoms with Crippen LogP contribution in [0, 0.1) is 17.8 Å². The van der Waals surface area contributed by atoms with Gasteiger partial charge in [0.05, 0.1) is 0 Å². The molecular formula is C17H30N2O2. The zero-order chi connectivity index (χ0) is 15.9. The number of imide groups is 1. The van der Waals surface area contributed by atoms with Crippen molar-refractivity contribution in [1.82, 2.24) is 9.80 Å².